The summed E-state index contributed by atoms with van der Waals surface area (Å²) in [6.45, 7) is 9.29. The average Bonchev–Trinajstić information content (AvgIpc) is 2.49. The highest BCUT2D eigenvalue weighted by Crippen LogP contribution is 2.15. The predicted octanol–water partition coefficient (Wildman–Crippen LogP) is 1.75. The maximum Gasteiger partial charge on any atom is 0.191 e. The second-order valence-electron chi connectivity index (χ2n) is 6.32. The number of aliphatic imine (C=N–C) groups is 1. The van der Waals surface area contributed by atoms with Crippen LogP contribution in [0.3, 0.4) is 0 Å². The summed E-state index contributed by atoms with van der Waals surface area (Å²) in [6, 6.07) is 7.87. The molecule has 2 N–H and O–H groups in total. The van der Waals surface area contributed by atoms with Crippen molar-refractivity contribution in [1.29, 1.82) is 0 Å². The first kappa shape index (κ1) is 20.3. The number of aryl methyl sites for hydroxylation is 1. The Morgan fingerprint density at radius 2 is 1.83 bits per heavy atom. The van der Waals surface area contributed by atoms with Crippen LogP contribution in [0, 0.1) is 6.92 Å². The van der Waals surface area contributed by atoms with E-state index in [0.717, 1.165) is 5.75 Å². The Morgan fingerprint density at radius 1 is 1.21 bits per heavy atom. The van der Waals surface area contributed by atoms with E-state index in [1.54, 1.807) is 13.8 Å². The molecule has 1 aromatic rings. The Kier molecular flexibility index (Phi) is 7.54. The van der Waals surface area contributed by atoms with Crippen molar-refractivity contribution in [3.63, 3.8) is 0 Å². The highest BCUT2D eigenvalue weighted by Gasteiger charge is 2.29. The number of hydrogen-bond donors (Lipinski definition) is 2. The summed E-state index contributed by atoms with van der Waals surface area (Å²) in [4.78, 5) is 4.37. The summed E-state index contributed by atoms with van der Waals surface area (Å²) in [5.41, 5.74) is 1.19. The second kappa shape index (κ2) is 8.92. The lowest BCUT2D eigenvalue weighted by Crippen LogP contribution is -2.41. The molecule has 0 saturated carbocycles. The molecule has 0 aliphatic carbocycles. The quantitative estimate of drug-likeness (QED) is 0.422. The first-order valence-corrected chi connectivity index (χ1v) is 9.96. The van der Waals surface area contributed by atoms with Crippen LogP contribution in [-0.2, 0) is 9.84 Å². The standard InChI is InChI=1S/C17H29N3O3S/c1-6-18-16(20-13-17(3,4)24(5,21)22)19-11-12-23-15-9-7-14(2)8-10-15/h7-10H,6,11-13H2,1-5H3,(H2,18,19,20). The Labute approximate surface area is 145 Å². The van der Waals surface area contributed by atoms with Crippen molar-refractivity contribution in [2.24, 2.45) is 4.99 Å². The van der Waals surface area contributed by atoms with Crippen LogP contribution in [0.25, 0.3) is 0 Å². The van der Waals surface area contributed by atoms with Crippen LogP contribution >= 0.6 is 0 Å². The smallest absolute Gasteiger partial charge is 0.191 e. The van der Waals surface area contributed by atoms with Crippen molar-refractivity contribution in [2.45, 2.75) is 32.4 Å². The summed E-state index contributed by atoms with van der Waals surface area (Å²) in [5.74, 6) is 1.41. The minimum absolute atomic E-state index is 0.194. The summed E-state index contributed by atoms with van der Waals surface area (Å²) in [6.07, 6.45) is 1.23. The number of nitrogens with zero attached hydrogens (tertiary/aromatic N) is 1. The Bertz CT molecular complexity index is 638. The minimum Gasteiger partial charge on any atom is -0.492 e. The van der Waals surface area contributed by atoms with Crippen LogP contribution in [0.1, 0.15) is 26.3 Å². The molecule has 0 aliphatic heterocycles. The fraction of sp³-hybridized carbons (Fsp3) is 0.588. The third-order valence-electron chi connectivity index (χ3n) is 3.65. The van der Waals surface area contributed by atoms with Crippen LogP contribution in [0.5, 0.6) is 5.75 Å². The van der Waals surface area contributed by atoms with Gasteiger partial charge in [-0.05, 0) is 39.8 Å². The first-order valence-electron chi connectivity index (χ1n) is 8.07. The molecule has 1 aromatic carbocycles. The van der Waals surface area contributed by atoms with E-state index < -0.39 is 14.6 Å². The Hall–Kier alpha value is -1.76. The van der Waals surface area contributed by atoms with Gasteiger partial charge in [0.05, 0.1) is 17.8 Å². The molecule has 0 heterocycles. The van der Waals surface area contributed by atoms with Crippen molar-refractivity contribution in [3.05, 3.63) is 29.8 Å². The van der Waals surface area contributed by atoms with E-state index in [-0.39, 0.29) is 6.54 Å². The van der Waals surface area contributed by atoms with Gasteiger partial charge in [-0.15, -0.1) is 0 Å². The van der Waals surface area contributed by atoms with E-state index in [1.165, 1.54) is 11.8 Å². The van der Waals surface area contributed by atoms with Crippen molar-refractivity contribution < 1.29 is 13.2 Å². The van der Waals surface area contributed by atoms with Crippen molar-refractivity contribution in [3.8, 4) is 5.75 Å². The average molecular weight is 356 g/mol. The van der Waals surface area contributed by atoms with Crippen molar-refractivity contribution >= 4 is 15.8 Å². The van der Waals surface area contributed by atoms with Crippen LogP contribution in [0.2, 0.25) is 0 Å². The highest BCUT2D eigenvalue weighted by atomic mass is 32.2. The lowest BCUT2D eigenvalue weighted by Gasteiger charge is -2.21. The third kappa shape index (κ3) is 6.78. The molecule has 0 amide bonds. The van der Waals surface area contributed by atoms with Gasteiger partial charge in [0.2, 0.25) is 0 Å². The predicted molar refractivity (Wildman–Crippen MR) is 99.6 cm³/mol. The zero-order valence-corrected chi connectivity index (χ0v) is 16.0. The maximum absolute atomic E-state index is 11.7. The molecule has 0 unspecified atom stereocenters. The SMILES string of the molecule is CCNC(=NCC(C)(C)S(C)(=O)=O)NCCOc1ccc(C)cc1. The molecule has 0 atom stereocenters. The largest absolute Gasteiger partial charge is 0.492 e. The lowest BCUT2D eigenvalue weighted by atomic mass is 10.2. The van der Waals surface area contributed by atoms with Gasteiger partial charge in [-0.25, -0.2) is 8.42 Å². The number of hydrogen-bond acceptors (Lipinski definition) is 4. The second-order valence-corrected chi connectivity index (χ2v) is 8.96. The fourth-order valence-corrected chi connectivity index (χ4v) is 2.00. The van der Waals surface area contributed by atoms with Gasteiger partial charge in [-0.2, -0.15) is 0 Å². The van der Waals surface area contributed by atoms with Gasteiger partial charge < -0.3 is 15.4 Å². The normalized spacial score (nSPS) is 12.8. The van der Waals surface area contributed by atoms with Gasteiger partial charge in [-0.3, -0.25) is 4.99 Å². The third-order valence-corrected chi connectivity index (χ3v) is 5.79. The number of sulfone groups is 1. The van der Waals surface area contributed by atoms with E-state index >= 15 is 0 Å². The molecule has 0 spiro atoms. The first-order chi connectivity index (χ1) is 11.2. The molecule has 0 fully saturated rings. The van der Waals surface area contributed by atoms with Crippen LogP contribution in [0.15, 0.2) is 29.3 Å². The molecular weight excluding hydrogens is 326 g/mol. The van der Waals surface area contributed by atoms with Crippen LogP contribution in [0.4, 0.5) is 0 Å². The molecule has 7 heteroatoms. The number of nitrogens with one attached hydrogen (secondary N) is 2. The van der Waals surface area contributed by atoms with Gasteiger partial charge >= 0.3 is 0 Å². The maximum atomic E-state index is 11.7. The van der Waals surface area contributed by atoms with Gasteiger partial charge in [0, 0.05) is 12.8 Å². The topological polar surface area (TPSA) is 79.8 Å². The van der Waals surface area contributed by atoms with Gasteiger partial charge in [-0.1, -0.05) is 17.7 Å². The molecule has 0 radical (unpaired) electrons. The summed E-state index contributed by atoms with van der Waals surface area (Å²) in [7, 11) is -3.17. The summed E-state index contributed by atoms with van der Waals surface area (Å²) in [5, 5.41) is 6.25. The fourth-order valence-electron chi connectivity index (χ4n) is 1.70. The van der Waals surface area contributed by atoms with Crippen molar-refractivity contribution in [1.82, 2.24) is 10.6 Å². The zero-order chi connectivity index (χ0) is 18.2. The summed E-state index contributed by atoms with van der Waals surface area (Å²) >= 11 is 0. The molecule has 24 heavy (non-hydrogen) atoms. The number of benzene rings is 1. The molecule has 0 aromatic heterocycles. The van der Waals surface area contributed by atoms with Gasteiger partial charge in [0.1, 0.15) is 12.4 Å². The highest BCUT2D eigenvalue weighted by molar-refractivity contribution is 7.92. The van der Waals surface area contributed by atoms with Gasteiger partial charge in [0.25, 0.3) is 0 Å². The van der Waals surface area contributed by atoms with E-state index in [0.29, 0.717) is 25.7 Å². The minimum atomic E-state index is -3.17. The van der Waals surface area contributed by atoms with Crippen LogP contribution in [-0.4, -0.2) is 51.6 Å². The monoisotopic (exact) mass is 355 g/mol. The molecule has 0 aliphatic rings. The van der Waals surface area contributed by atoms with E-state index in [1.807, 2.05) is 38.1 Å². The Balaban J connectivity index is 2.51. The van der Waals surface area contributed by atoms with E-state index in [9.17, 15) is 8.42 Å². The molecular formula is C17H29N3O3S. The Morgan fingerprint density at radius 3 is 2.38 bits per heavy atom. The summed E-state index contributed by atoms with van der Waals surface area (Å²) < 4.78 is 28.2. The van der Waals surface area contributed by atoms with E-state index in [2.05, 4.69) is 15.6 Å². The van der Waals surface area contributed by atoms with E-state index in [4.69, 9.17) is 4.74 Å². The van der Waals surface area contributed by atoms with Gasteiger partial charge in [0.15, 0.2) is 15.8 Å². The molecule has 6 nitrogen and oxygen atoms in total. The number of ether oxygens (including phenoxy) is 1. The number of guanidine groups is 1. The molecule has 1 rings (SSSR count). The van der Waals surface area contributed by atoms with Crippen molar-refractivity contribution in [2.75, 3.05) is 32.5 Å². The molecule has 0 bridgehead atoms. The zero-order valence-electron chi connectivity index (χ0n) is 15.2. The lowest BCUT2D eigenvalue weighted by molar-refractivity contribution is 0.322. The number of rotatable bonds is 8. The molecule has 136 valence electrons. The molecule has 0 saturated heterocycles. The van der Waals surface area contributed by atoms with Crippen LogP contribution < -0.4 is 15.4 Å².